The Kier molecular flexibility index (Phi) is 4.70. The third-order valence-corrected chi connectivity index (χ3v) is 3.36. The molecule has 2 rings (SSSR count). The van der Waals surface area contributed by atoms with Crippen molar-refractivity contribution in [1.29, 1.82) is 0 Å². The van der Waals surface area contributed by atoms with E-state index in [1.165, 1.54) is 0 Å². The largest absolute Gasteiger partial charge is 0.366 e. The molecule has 1 fully saturated rings. The highest BCUT2D eigenvalue weighted by Crippen LogP contribution is 2.11. The molecule has 1 aromatic carbocycles. The van der Waals surface area contributed by atoms with Crippen LogP contribution in [0.1, 0.15) is 23.2 Å². The van der Waals surface area contributed by atoms with Gasteiger partial charge in [0.2, 0.25) is 11.8 Å². The van der Waals surface area contributed by atoms with Crippen LogP contribution in [0, 0.1) is 0 Å². The highest BCUT2D eigenvalue weighted by molar-refractivity contribution is 5.95. The average molecular weight is 276 g/mol. The number of amides is 2. The van der Waals surface area contributed by atoms with Gasteiger partial charge in [0.25, 0.3) is 0 Å². The number of carbonyl (C=O) groups is 2. The first-order chi connectivity index (χ1) is 9.54. The Hall–Kier alpha value is -1.92. The van der Waals surface area contributed by atoms with Gasteiger partial charge in [0.15, 0.2) is 0 Å². The Morgan fingerprint density at radius 3 is 2.60 bits per heavy atom. The van der Waals surface area contributed by atoms with Crippen LogP contribution in [-0.2, 0) is 4.79 Å². The summed E-state index contributed by atoms with van der Waals surface area (Å²) in [6.45, 7) is 2.00. The highest BCUT2D eigenvalue weighted by Gasteiger charge is 2.18. The van der Waals surface area contributed by atoms with Crippen molar-refractivity contribution >= 4 is 17.5 Å². The number of hydrogen-bond donors (Lipinski definition) is 3. The van der Waals surface area contributed by atoms with Gasteiger partial charge >= 0.3 is 0 Å². The maximum atomic E-state index is 11.9. The smallest absolute Gasteiger partial charge is 0.248 e. The quantitative estimate of drug-likeness (QED) is 0.728. The standard InChI is InChI=1S/C14H20N4O2/c15-11-2-1-7-18(8-11)9-13(19)17-12-5-3-10(4-6-12)14(16)20/h3-6,11H,1-2,7-9,15H2,(H2,16,20)(H,17,19). The van der Waals surface area contributed by atoms with E-state index in [2.05, 4.69) is 10.2 Å². The van der Waals surface area contributed by atoms with E-state index in [1.807, 2.05) is 0 Å². The van der Waals surface area contributed by atoms with Gasteiger partial charge in [-0.2, -0.15) is 0 Å². The maximum Gasteiger partial charge on any atom is 0.248 e. The molecule has 6 heteroatoms. The minimum Gasteiger partial charge on any atom is -0.366 e. The minimum absolute atomic E-state index is 0.0778. The molecule has 108 valence electrons. The molecule has 1 unspecified atom stereocenters. The van der Waals surface area contributed by atoms with E-state index in [9.17, 15) is 9.59 Å². The van der Waals surface area contributed by atoms with Crippen molar-refractivity contribution in [2.75, 3.05) is 25.0 Å². The monoisotopic (exact) mass is 276 g/mol. The number of piperidine rings is 1. The van der Waals surface area contributed by atoms with Crippen LogP contribution >= 0.6 is 0 Å². The Bertz CT molecular complexity index is 486. The number of carbonyl (C=O) groups excluding carboxylic acids is 2. The summed E-state index contributed by atoms with van der Waals surface area (Å²) in [6, 6.07) is 6.68. The zero-order valence-electron chi connectivity index (χ0n) is 11.3. The molecule has 0 spiro atoms. The fourth-order valence-electron chi connectivity index (χ4n) is 2.36. The molecule has 2 amide bonds. The third kappa shape index (κ3) is 4.04. The number of primary amides is 1. The molecule has 1 saturated heterocycles. The highest BCUT2D eigenvalue weighted by atomic mass is 16.2. The summed E-state index contributed by atoms with van der Waals surface area (Å²) in [4.78, 5) is 24.9. The lowest BCUT2D eigenvalue weighted by Gasteiger charge is -2.29. The molecule has 0 saturated carbocycles. The van der Waals surface area contributed by atoms with Gasteiger partial charge in [-0.15, -0.1) is 0 Å². The molecule has 1 aromatic rings. The first kappa shape index (κ1) is 14.5. The van der Waals surface area contributed by atoms with Crippen molar-refractivity contribution in [2.24, 2.45) is 11.5 Å². The summed E-state index contributed by atoms with van der Waals surface area (Å²) in [5.74, 6) is -0.559. The first-order valence-corrected chi connectivity index (χ1v) is 6.72. The Morgan fingerprint density at radius 2 is 2.00 bits per heavy atom. The molecular weight excluding hydrogens is 256 g/mol. The van der Waals surface area contributed by atoms with Gasteiger partial charge in [-0.1, -0.05) is 0 Å². The molecule has 1 atom stereocenters. The number of anilines is 1. The van der Waals surface area contributed by atoms with E-state index in [-0.39, 0.29) is 11.9 Å². The van der Waals surface area contributed by atoms with Gasteiger partial charge in [-0.25, -0.2) is 0 Å². The summed E-state index contributed by atoms with van der Waals surface area (Å²) in [5.41, 5.74) is 12.1. The normalized spacial score (nSPS) is 19.6. The van der Waals surface area contributed by atoms with Gasteiger partial charge in [0, 0.05) is 23.8 Å². The molecule has 0 radical (unpaired) electrons. The third-order valence-electron chi connectivity index (χ3n) is 3.36. The van der Waals surface area contributed by atoms with Crippen LogP contribution < -0.4 is 16.8 Å². The number of rotatable bonds is 4. The van der Waals surface area contributed by atoms with Crippen molar-refractivity contribution < 1.29 is 9.59 Å². The van der Waals surface area contributed by atoms with E-state index >= 15 is 0 Å². The van der Waals surface area contributed by atoms with Crippen LogP contribution in [0.2, 0.25) is 0 Å². The summed E-state index contributed by atoms with van der Waals surface area (Å²) in [7, 11) is 0. The van der Waals surface area contributed by atoms with Gasteiger partial charge in [-0.05, 0) is 43.7 Å². The topological polar surface area (TPSA) is 101 Å². The zero-order valence-corrected chi connectivity index (χ0v) is 11.3. The molecule has 0 bridgehead atoms. The zero-order chi connectivity index (χ0) is 14.5. The Morgan fingerprint density at radius 1 is 1.30 bits per heavy atom. The summed E-state index contributed by atoms with van der Waals surface area (Å²) < 4.78 is 0. The van der Waals surface area contributed by atoms with Crippen LogP contribution in [0.3, 0.4) is 0 Å². The number of nitrogens with one attached hydrogen (secondary N) is 1. The summed E-state index contributed by atoms with van der Waals surface area (Å²) in [5, 5.41) is 2.80. The van der Waals surface area contributed by atoms with E-state index in [4.69, 9.17) is 11.5 Å². The fraction of sp³-hybridized carbons (Fsp3) is 0.429. The predicted octanol–water partition coefficient (Wildman–Crippen LogP) is 0.147. The first-order valence-electron chi connectivity index (χ1n) is 6.72. The second kappa shape index (κ2) is 6.49. The van der Waals surface area contributed by atoms with Crippen LogP contribution in [-0.4, -0.2) is 42.4 Å². The van der Waals surface area contributed by atoms with E-state index in [0.717, 1.165) is 25.9 Å². The lowest BCUT2D eigenvalue weighted by Crippen LogP contribution is -2.45. The molecule has 0 aliphatic carbocycles. The Labute approximate surface area is 118 Å². The molecule has 1 aliphatic rings. The fourth-order valence-corrected chi connectivity index (χ4v) is 2.36. The SMILES string of the molecule is NC(=O)c1ccc(NC(=O)CN2CCCC(N)C2)cc1. The van der Waals surface area contributed by atoms with Gasteiger partial charge in [0.1, 0.15) is 0 Å². The van der Waals surface area contributed by atoms with E-state index in [0.29, 0.717) is 17.8 Å². The van der Waals surface area contributed by atoms with E-state index < -0.39 is 5.91 Å². The van der Waals surface area contributed by atoms with Crippen LogP contribution in [0.5, 0.6) is 0 Å². The predicted molar refractivity (Wildman–Crippen MR) is 77.2 cm³/mol. The van der Waals surface area contributed by atoms with Crippen molar-refractivity contribution in [3.63, 3.8) is 0 Å². The summed E-state index contributed by atoms with van der Waals surface area (Å²) in [6.07, 6.45) is 2.05. The van der Waals surface area contributed by atoms with Crippen LogP contribution in [0.4, 0.5) is 5.69 Å². The second-order valence-corrected chi connectivity index (χ2v) is 5.13. The average Bonchev–Trinajstić information content (AvgIpc) is 2.39. The summed E-state index contributed by atoms with van der Waals surface area (Å²) >= 11 is 0. The lowest BCUT2D eigenvalue weighted by atomic mass is 10.1. The van der Waals surface area contributed by atoms with Crippen LogP contribution in [0.25, 0.3) is 0 Å². The van der Waals surface area contributed by atoms with Gasteiger partial charge in [-0.3, -0.25) is 14.5 Å². The van der Waals surface area contributed by atoms with Crippen LogP contribution in [0.15, 0.2) is 24.3 Å². The molecular formula is C14H20N4O2. The number of benzene rings is 1. The van der Waals surface area contributed by atoms with Crippen molar-refractivity contribution in [1.82, 2.24) is 4.90 Å². The number of hydrogen-bond acceptors (Lipinski definition) is 4. The molecule has 6 nitrogen and oxygen atoms in total. The molecule has 1 aliphatic heterocycles. The van der Waals surface area contributed by atoms with Gasteiger partial charge in [0.05, 0.1) is 6.54 Å². The lowest BCUT2D eigenvalue weighted by molar-refractivity contribution is -0.117. The Balaban J connectivity index is 1.86. The van der Waals surface area contributed by atoms with Crippen molar-refractivity contribution in [3.8, 4) is 0 Å². The van der Waals surface area contributed by atoms with Crippen molar-refractivity contribution in [3.05, 3.63) is 29.8 Å². The maximum absolute atomic E-state index is 11.9. The number of likely N-dealkylation sites (tertiary alicyclic amines) is 1. The molecule has 0 aromatic heterocycles. The molecule has 1 heterocycles. The van der Waals surface area contributed by atoms with Crippen molar-refractivity contribution in [2.45, 2.75) is 18.9 Å². The molecule has 5 N–H and O–H groups in total. The van der Waals surface area contributed by atoms with E-state index in [1.54, 1.807) is 24.3 Å². The number of nitrogens with zero attached hydrogens (tertiary/aromatic N) is 1. The molecule has 20 heavy (non-hydrogen) atoms. The second-order valence-electron chi connectivity index (χ2n) is 5.13. The minimum atomic E-state index is -0.481. The number of nitrogens with two attached hydrogens (primary N) is 2. The van der Waals surface area contributed by atoms with Gasteiger partial charge < -0.3 is 16.8 Å².